The van der Waals surface area contributed by atoms with Crippen molar-refractivity contribution in [2.24, 2.45) is 4.99 Å². The lowest BCUT2D eigenvalue weighted by Crippen LogP contribution is -2.41. The molecule has 0 radical (unpaired) electrons. The lowest BCUT2D eigenvalue weighted by atomic mass is 10.1. The van der Waals surface area contributed by atoms with Crippen molar-refractivity contribution in [1.29, 1.82) is 0 Å². The highest BCUT2D eigenvalue weighted by Crippen LogP contribution is 2.50. The number of phosphoric ester groups is 1. The summed E-state index contributed by atoms with van der Waals surface area (Å²) >= 11 is 5.90. The maximum absolute atomic E-state index is 11.3. The fourth-order valence-electron chi connectivity index (χ4n) is 1.99. The van der Waals surface area contributed by atoms with Gasteiger partial charge in [-0.25, -0.2) is 9.09 Å². The van der Waals surface area contributed by atoms with E-state index >= 15 is 0 Å². The Balaban J connectivity index is 2.30. The second-order valence-electron chi connectivity index (χ2n) is 6.03. The van der Waals surface area contributed by atoms with Gasteiger partial charge in [-0.15, -0.1) is 0 Å². The van der Waals surface area contributed by atoms with Gasteiger partial charge in [0.15, 0.2) is 0 Å². The van der Waals surface area contributed by atoms with Crippen LogP contribution < -0.4 is 0 Å². The highest BCUT2D eigenvalue weighted by Gasteiger charge is 2.44. The fourth-order valence-corrected chi connectivity index (χ4v) is 2.71. The predicted molar refractivity (Wildman–Crippen MR) is 83.3 cm³/mol. The Morgan fingerprint density at radius 3 is 2.64 bits per heavy atom. The summed E-state index contributed by atoms with van der Waals surface area (Å²) in [5, 5.41) is 0.467. The third kappa shape index (κ3) is 4.36. The van der Waals surface area contributed by atoms with E-state index in [1.165, 1.54) is 6.21 Å². The zero-order valence-electron chi connectivity index (χ0n) is 12.6. The highest BCUT2D eigenvalue weighted by atomic mass is 35.5. The quantitative estimate of drug-likeness (QED) is 0.466. The minimum absolute atomic E-state index is 0.234. The number of hydrogen-bond donors (Lipinski definition) is 2. The molecule has 0 aromatic heterocycles. The van der Waals surface area contributed by atoms with Gasteiger partial charge in [-0.05, 0) is 18.2 Å². The van der Waals surface area contributed by atoms with Crippen LogP contribution in [0.5, 0.6) is 0 Å². The minimum Gasteiger partial charge on any atom is -0.335 e. The van der Waals surface area contributed by atoms with Crippen molar-refractivity contribution in [2.75, 3.05) is 34.3 Å². The smallest absolute Gasteiger partial charge is 0.335 e. The standard InChI is InChI=1S/C13H18ClN2O5P/c1-16(2,3)6-7-20-13(21-22(17,18)19)9-15-12-8-10(14)4-5-11(12)13/h4-5,8-9H,6-7H2,1-3H3,(H-,17,18,19)/p+1. The summed E-state index contributed by atoms with van der Waals surface area (Å²) in [6.45, 7) is 0.862. The molecule has 0 amide bonds. The number of ether oxygens (including phenoxy) is 1. The van der Waals surface area contributed by atoms with Gasteiger partial charge in [0, 0.05) is 10.6 Å². The van der Waals surface area contributed by atoms with E-state index in [9.17, 15) is 14.4 Å². The van der Waals surface area contributed by atoms with E-state index in [1.54, 1.807) is 18.2 Å². The minimum atomic E-state index is -4.78. The normalized spacial score (nSPS) is 21.2. The second kappa shape index (κ2) is 6.02. The summed E-state index contributed by atoms with van der Waals surface area (Å²) in [6.07, 6.45) is 1.25. The largest absolute Gasteiger partial charge is 0.472 e. The van der Waals surface area contributed by atoms with Crippen LogP contribution in [0.2, 0.25) is 5.02 Å². The Labute approximate surface area is 134 Å². The predicted octanol–water partition coefficient (Wildman–Crippen LogP) is 2.04. The first-order valence-corrected chi connectivity index (χ1v) is 8.48. The van der Waals surface area contributed by atoms with E-state index in [1.807, 2.05) is 21.1 Å². The second-order valence-corrected chi connectivity index (χ2v) is 7.63. The summed E-state index contributed by atoms with van der Waals surface area (Å²) in [6, 6.07) is 4.77. The molecule has 0 bridgehead atoms. The lowest BCUT2D eigenvalue weighted by Gasteiger charge is -2.30. The van der Waals surface area contributed by atoms with Crippen LogP contribution in [0.25, 0.3) is 0 Å². The molecular weight excluding hydrogens is 331 g/mol. The molecule has 1 aliphatic rings. The third-order valence-corrected chi connectivity index (χ3v) is 3.79. The van der Waals surface area contributed by atoms with Crippen molar-refractivity contribution in [2.45, 2.75) is 5.79 Å². The monoisotopic (exact) mass is 349 g/mol. The van der Waals surface area contributed by atoms with Gasteiger partial charge in [0.05, 0.1) is 39.7 Å². The molecule has 7 nitrogen and oxygen atoms in total. The topological polar surface area (TPSA) is 88.4 Å². The van der Waals surface area contributed by atoms with Crippen LogP contribution in [0, 0.1) is 0 Å². The first-order valence-electron chi connectivity index (χ1n) is 6.57. The maximum Gasteiger partial charge on any atom is 0.472 e. The number of fused-ring (bicyclic) bond motifs is 1. The van der Waals surface area contributed by atoms with Crippen molar-refractivity contribution < 1.29 is 28.1 Å². The molecule has 1 heterocycles. The van der Waals surface area contributed by atoms with Crippen LogP contribution in [-0.2, 0) is 19.6 Å². The molecule has 9 heteroatoms. The molecule has 2 rings (SSSR count). The number of quaternary nitrogens is 1. The van der Waals surface area contributed by atoms with Gasteiger partial charge in [-0.3, -0.25) is 4.99 Å². The van der Waals surface area contributed by atoms with Gasteiger partial charge in [0.1, 0.15) is 6.54 Å². The number of likely N-dealkylation sites (N-methyl/N-ethyl adjacent to an activating group) is 1. The van der Waals surface area contributed by atoms with Crippen molar-refractivity contribution in [1.82, 2.24) is 0 Å². The molecule has 0 fully saturated rings. The van der Waals surface area contributed by atoms with Crippen molar-refractivity contribution in [3.8, 4) is 0 Å². The average molecular weight is 350 g/mol. The lowest BCUT2D eigenvalue weighted by molar-refractivity contribution is -0.871. The highest BCUT2D eigenvalue weighted by molar-refractivity contribution is 7.46. The van der Waals surface area contributed by atoms with Crippen LogP contribution in [0.1, 0.15) is 5.56 Å². The van der Waals surface area contributed by atoms with Crippen molar-refractivity contribution >= 4 is 31.3 Å². The first-order chi connectivity index (χ1) is 10.0. The number of halogens is 1. The van der Waals surface area contributed by atoms with E-state index < -0.39 is 13.6 Å². The van der Waals surface area contributed by atoms with E-state index in [0.717, 1.165) is 0 Å². The zero-order valence-corrected chi connectivity index (χ0v) is 14.2. The molecule has 22 heavy (non-hydrogen) atoms. The number of nitrogens with zero attached hydrogens (tertiary/aromatic N) is 2. The van der Waals surface area contributed by atoms with E-state index in [-0.39, 0.29) is 6.61 Å². The van der Waals surface area contributed by atoms with Crippen molar-refractivity contribution in [3.05, 3.63) is 28.8 Å². The number of aliphatic imine (C=N–C) groups is 1. The van der Waals surface area contributed by atoms with Gasteiger partial charge in [0.25, 0.3) is 0 Å². The van der Waals surface area contributed by atoms with E-state index in [4.69, 9.17) is 20.9 Å². The third-order valence-electron chi connectivity index (χ3n) is 3.04. The van der Waals surface area contributed by atoms with Crippen LogP contribution in [0.15, 0.2) is 23.2 Å². The molecule has 1 aromatic carbocycles. The molecular formula is C13H19ClN2O5P+. The van der Waals surface area contributed by atoms with E-state index in [2.05, 4.69) is 4.99 Å². The molecule has 1 aliphatic heterocycles. The summed E-state index contributed by atoms with van der Waals surface area (Å²) in [5.41, 5.74) is 0.882. The van der Waals surface area contributed by atoms with Crippen LogP contribution in [0.3, 0.4) is 0 Å². The van der Waals surface area contributed by atoms with Crippen LogP contribution >= 0.6 is 19.4 Å². The SMILES string of the molecule is C[N+](C)(C)CCOC1(OP(=O)(O)O)C=Nc2cc(Cl)ccc21. The first kappa shape index (κ1) is 17.6. The summed E-state index contributed by atoms with van der Waals surface area (Å²) in [5.74, 6) is -1.70. The molecule has 2 N–H and O–H groups in total. The molecule has 0 aliphatic carbocycles. The molecule has 0 saturated carbocycles. The Morgan fingerprint density at radius 2 is 2.05 bits per heavy atom. The van der Waals surface area contributed by atoms with Gasteiger partial charge in [0.2, 0.25) is 5.79 Å². The number of phosphoric acid groups is 1. The molecule has 122 valence electrons. The summed E-state index contributed by atoms with van der Waals surface area (Å²) < 4.78 is 22.6. The Hall–Kier alpha value is -0.790. The number of hydrogen-bond acceptors (Lipinski definition) is 4. The van der Waals surface area contributed by atoms with Gasteiger partial charge < -0.3 is 19.0 Å². The Kier molecular flexibility index (Phi) is 4.80. The van der Waals surface area contributed by atoms with Crippen LogP contribution in [0.4, 0.5) is 5.69 Å². The molecule has 1 unspecified atom stereocenters. The van der Waals surface area contributed by atoms with Crippen LogP contribution in [-0.4, -0.2) is 54.8 Å². The molecule has 0 spiro atoms. The molecule has 0 saturated heterocycles. The average Bonchev–Trinajstić information content (AvgIpc) is 2.64. The number of benzene rings is 1. The van der Waals surface area contributed by atoms with Crippen molar-refractivity contribution in [3.63, 3.8) is 0 Å². The van der Waals surface area contributed by atoms with E-state index in [0.29, 0.717) is 27.3 Å². The maximum atomic E-state index is 11.3. The van der Waals surface area contributed by atoms with Gasteiger partial charge in [-0.2, -0.15) is 0 Å². The Bertz CT molecular complexity index is 640. The summed E-state index contributed by atoms with van der Waals surface area (Å²) in [4.78, 5) is 22.5. The number of rotatable bonds is 6. The Morgan fingerprint density at radius 1 is 1.36 bits per heavy atom. The molecule has 1 atom stereocenters. The van der Waals surface area contributed by atoms with Gasteiger partial charge >= 0.3 is 7.82 Å². The fraction of sp³-hybridized carbons (Fsp3) is 0.462. The van der Waals surface area contributed by atoms with Gasteiger partial charge in [-0.1, -0.05) is 11.6 Å². The summed E-state index contributed by atoms with van der Waals surface area (Å²) in [7, 11) is 1.16. The zero-order chi connectivity index (χ0) is 16.6. The molecule has 1 aromatic rings.